The summed E-state index contributed by atoms with van der Waals surface area (Å²) in [5.74, 6) is 0.135. The molecule has 0 fully saturated rings. The Hall–Kier alpha value is -1.39. The minimum atomic E-state index is -0.105. The van der Waals surface area contributed by atoms with Crippen molar-refractivity contribution >= 4 is 5.91 Å². The van der Waals surface area contributed by atoms with Gasteiger partial charge in [-0.15, -0.1) is 0 Å². The van der Waals surface area contributed by atoms with E-state index in [-0.39, 0.29) is 12.0 Å². The van der Waals surface area contributed by atoms with Gasteiger partial charge in [0.15, 0.2) is 0 Å². The van der Waals surface area contributed by atoms with Gasteiger partial charge in [-0.2, -0.15) is 0 Å². The largest absolute Gasteiger partial charge is 0.393 e. The van der Waals surface area contributed by atoms with Crippen LogP contribution in [0.2, 0.25) is 0 Å². The molecule has 0 spiro atoms. The van der Waals surface area contributed by atoms with E-state index in [2.05, 4.69) is 12.2 Å². The molecule has 0 heterocycles. The zero-order chi connectivity index (χ0) is 21.9. The Bertz CT molecular complexity index is 530. The van der Waals surface area contributed by atoms with Crippen LogP contribution in [0, 0.1) is 0 Å². The predicted molar refractivity (Wildman–Crippen MR) is 127 cm³/mol. The van der Waals surface area contributed by atoms with Crippen LogP contribution in [0.15, 0.2) is 24.3 Å². The highest BCUT2D eigenvalue weighted by Crippen LogP contribution is 2.14. The van der Waals surface area contributed by atoms with Crippen LogP contribution in [0.5, 0.6) is 0 Å². The standard InChI is InChI=1S/C26H46N2O2/c1-2-3-4-5-8-11-14-25(29)15-12-9-6-7-10-13-16-26(30)28-22-24-19-17-23(21-27)18-20-24/h17-20,25,29H,2-16,21-22,27H2,1H3,(H,28,30). The van der Waals surface area contributed by atoms with E-state index < -0.39 is 0 Å². The lowest BCUT2D eigenvalue weighted by Gasteiger charge is -2.10. The monoisotopic (exact) mass is 418 g/mol. The zero-order valence-corrected chi connectivity index (χ0v) is 19.3. The molecule has 4 heteroatoms. The minimum absolute atomic E-state index is 0.105. The van der Waals surface area contributed by atoms with Crippen molar-refractivity contribution < 1.29 is 9.90 Å². The molecule has 0 bridgehead atoms. The van der Waals surface area contributed by atoms with Gasteiger partial charge >= 0.3 is 0 Å². The number of nitrogens with one attached hydrogen (secondary N) is 1. The average Bonchev–Trinajstić information content (AvgIpc) is 2.76. The third-order valence-corrected chi connectivity index (χ3v) is 5.83. The molecule has 0 aromatic heterocycles. The van der Waals surface area contributed by atoms with E-state index in [1.807, 2.05) is 24.3 Å². The van der Waals surface area contributed by atoms with Crippen LogP contribution in [0.4, 0.5) is 0 Å². The Kier molecular flexibility index (Phi) is 16.3. The molecule has 30 heavy (non-hydrogen) atoms. The molecule has 1 atom stereocenters. The number of aliphatic hydroxyl groups is 1. The SMILES string of the molecule is CCCCCCCCC(O)CCCCCCCCC(=O)NCc1ccc(CN)cc1. The van der Waals surface area contributed by atoms with Gasteiger partial charge in [0.1, 0.15) is 0 Å². The fourth-order valence-corrected chi connectivity index (χ4v) is 3.76. The number of carbonyl (C=O) groups is 1. The summed E-state index contributed by atoms with van der Waals surface area (Å²) in [6.45, 7) is 3.38. The van der Waals surface area contributed by atoms with Crippen molar-refractivity contribution in [3.63, 3.8) is 0 Å². The summed E-state index contributed by atoms with van der Waals surface area (Å²) >= 11 is 0. The molecule has 172 valence electrons. The number of hydrogen-bond donors (Lipinski definition) is 3. The van der Waals surface area contributed by atoms with Crippen molar-refractivity contribution in [1.29, 1.82) is 0 Å². The summed E-state index contributed by atoms with van der Waals surface area (Å²) in [4.78, 5) is 12.0. The molecule has 0 aliphatic heterocycles. The number of benzene rings is 1. The third-order valence-electron chi connectivity index (χ3n) is 5.83. The van der Waals surface area contributed by atoms with Crippen molar-refractivity contribution in [1.82, 2.24) is 5.32 Å². The Balaban J connectivity index is 1.88. The van der Waals surface area contributed by atoms with Crippen LogP contribution in [0.3, 0.4) is 0 Å². The van der Waals surface area contributed by atoms with Crippen LogP contribution in [-0.4, -0.2) is 17.1 Å². The van der Waals surface area contributed by atoms with Gasteiger partial charge in [-0.05, 0) is 30.4 Å². The van der Waals surface area contributed by atoms with E-state index in [4.69, 9.17) is 5.73 Å². The van der Waals surface area contributed by atoms with Crippen LogP contribution < -0.4 is 11.1 Å². The maximum Gasteiger partial charge on any atom is 0.220 e. The molecule has 1 aromatic rings. The van der Waals surface area contributed by atoms with E-state index in [0.29, 0.717) is 19.5 Å². The van der Waals surface area contributed by atoms with Crippen LogP contribution in [0.1, 0.15) is 114 Å². The van der Waals surface area contributed by atoms with Gasteiger partial charge in [-0.25, -0.2) is 0 Å². The van der Waals surface area contributed by atoms with Crippen LogP contribution in [-0.2, 0) is 17.9 Å². The van der Waals surface area contributed by atoms with Crippen molar-refractivity contribution in [2.45, 2.75) is 122 Å². The molecule has 4 nitrogen and oxygen atoms in total. The topological polar surface area (TPSA) is 75.3 Å². The van der Waals surface area contributed by atoms with Crippen LogP contribution in [0.25, 0.3) is 0 Å². The average molecular weight is 419 g/mol. The van der Waals surface area contributed by atoms with Gasteiger partial charge in [0.2, 0.25) is 5.91 Å². The molecule has 0 aliphatic carbocycles. The highest BCUT2D eigenvalue weighted by Gasteiger charge is 2.04. The Morgan fingerprint density at radius 3 is 1.90 bits per heavy atom. The zero-order valence-electron chi connectivity index (χ0n) is 19.3. The summed E-state index contributed by atoms with van der Waals surface area (Å²) in [5, 5.41) is 13.1. The second-order valence-electron chi connectivity index (χ2n) is 8.67. The van der Waals surface area contributed by atoms with Gasteiger partial charge < -0.3 is 16.2 Å². The second kappa shape index (κ2) is 18.4. The Morgan fingerprint density at radius 2 is 1.33 bits per heavy atom. The molecule has 0 aliphatic rings. The summed E-state index contributed by atoms with van der Waals surface area (Å²) < 4.78 is 0. The van der Waals surface area contributed by atoms with Gasteiger partial charge in [0.25, 0.3) is 0 Å². The number of unbranched alkanes of at least 4 members (excludes halogenated alkanes) is 10. The maximum absolute atomic E-state index is 12.0. The lowest BCUT2D eigenvalue weighted by Crippen LogP contribution is -2.22. The molecule has 1 amide bonds. The van der Waals surface area contributed by atoms with E-state index in [1.165, 1.54) is 57.8 Å². The van der Waals surface area contributed by atoms with Crippen molar-refractivity contribution in [3.8, 4) is 0 Å². The summed E-state index contributed by atoms with van der Waals surface area (Å²) in [6, 6.07) is 8.06. The molecule has 0 radical (unpaired) electrons. The summed E-state index contributed by atoms with van der Waals surface area (Å²) in [5.41, 5.74) is 7.81. The number of aliphatic hydroxyl groups excluding tert-OH is 1. The molecule has 1 rings (SSSR count). The summed E-state index contributed by atoms with van der Waals surface area (Å²) in [6.07, 6.45) is 16.9. The second-order valence-corrected chi connectivity index (χ2v) is 8.67. The van der Waals surface area contributed by atoms with Crippen molar-refractivity contribution in [2.24, 2.45) is 5.73 Å². The quantitative estimate of drug-likeness (QED) is 0.241. The number of nitrogens with two attached hydrogens (primary N) is 1. The molecule has 0 saturated heterocycles. The van der Waals surface area contributed by atoms with E-state index in [9.17, 15) is 9.90 Å². The number of carbonyl (C=O) groups excluding carboxylic acids is 1. The molecular weight excluding hydrogens is 372 g/mol. The minimum Gasteiger partial charge on any atom is -0.393 e. The fraction of sp³-hybridized carbons (Fsp3) is 0.731. The Labute approximate surface area is 185 Å². The Morgan fingerprint density at radius 1 is 0.833 bits per heavy atom. The van der Waals surface area contributed by atoms with Gasteiger partial charge in [-0.3, -0.25) is 4.79 Å². The van der Waals surface area contributed by atoms with Gasteiger partial charge in [0, 0.05) is 19.5 Å². The first-order valence-corrected chi connectivity index (χ1v) is 12.4. The van der Waals surface area contributed by atoms with Gasteiger partial charge in [0.05, 0.1) is 6.10 Å². The predicted octanol–water partition coefficient (Wildman–Crippen LogP) is 5.99. The van der Waals surface area contributed by atoms with E-state index in [0.717, 1.165) is 43.2 Å². The number of hydrogen-bond acceptors (Lipinski definition) is 3. The summed E-state index contributed by atoms with van der Waals surface area (Å²) in [7, 11) is 0. The number of amides is 1. The first-order valence-electron chi connectivity index (χ1n) is 12.4. The van der Waals surface area contributed by atoms with Crippen molar-refractivity contribution in [2.75, 3.05) is 0 Å². The first kappa shape index (κ1) is 26.6. The lowest BCUT2D eigenvalue weighted by molar-refractivity contribution is -0.121. The molecule has 0 saturated carbocycles. The molecule has 1 aromatic carbocycles. The molecule has 4 N–H and O–H groups in total. The first-order chi connectivity index (χ1) is 14.7. The third kappa shape index (κ3) is 14.6. The highest BCUT2D eigenvalue weighted by molar-refractivity contribution is 5.75. The molecule has 1 unspecified atom stereocenters. The highest BCUT2D eigenvalue weighted by atomic mass is 16.3. The fourth-order valence-electron chi connectivity index (χ4n) is 3.76. The number of rotatable bonds is 19. The van der Waals surface area contributed by atoms with Crippen molar-refractivity contribution in [3.05, 3.63) is 35.4 Å². The normalized spacial score (nSPS) is 12.1. The lowest BCUT2D eigenvalue weighted by atomic mass is 10.0. The van der Waals surface area contributed by atoms with E-state index in [1.54, 1.807) is 0 Å². The van der Waals surface area contributed by atoms with Gasteiger partial charge in [-0.1, -0.05) is 102 Å². The van der Waals surface area contributed by atoms with E-state index >= 15 is 0 Å². The smallest absolute Gasteiger partial charge is 0.220 e. The maximum atomic E-state index is 12.0. The molecular formula is C26H46N2O2. The van der Waals surface area contributed by atoms with Crippen LogP contribution >= 0.6 is 0 Å².